The van der Waals surface area contributed by atoms with E-state index >= 15 is 0 Å². The fourth-order valence-corrected chi connectivity index (χ4v) is 5.66. The minimum Gasteiger partial charge on any atom is -0.338 e. The number of hydrogen-bond acceptors (Lipinski definition) is 4. The molecule has 3 atom stereocenters. The van der Waals surface area contributed by atoms with E-state index in [2.05, 4.69) is 59.2 Å². The van der Waals surface area contributed by atoms with Gasteiger partial charge in [-0.2, -0.15) is 0 Å². The van der Waals surface area contributed by atoms with Gasteiger partial charge in [-0.25, -0.2) is 19.2 Å². The molecule has 2 amide bonds. The molecule has 3 unspecified atom stereocenters. The number of rotatable bonds is 12. The van der Waals surface area contributed by atoms with Gasteiger partial charge in [0.25, 0.3) is 0 Å². The van der Waals surface area contributed by atoms with Crippen LogP contribution in [0, 0.1) is 5.92 Å². The number of unbranched alkanes of at least 4 members (excludes halogenated alkanes) is 1. The lowest BCUT2D eigenvalue weighted by Gasteiger charge is -2.29. The quantitative estimate of drug-likeness (QED) is 0.180. The van der Waals surface area contributed by atoms with E-state index in [1.165, 1.54) is 17.2 Å². The number of urea groups is 1. The second-order valence-corrected chi connectivity index (χ2v) is 11.3. The number of fused-ring (bicyclic) bond motifs is 1. The zero-order valence-electron chi connectivity index (χ0n) is 23.8. The highest BCUT2D eigenvalue weighted by atomic mass is 19.1. The third-order valence-corrected chi connectivity index (χ3v) is 7.83. The van der Waals surface area contributed by atoms with Crippen molar-refractivity contribution in [3.63, 3.8) is 0 Å². The number of aromatic nitrogens is 3. The maximum atomic E-state index is 13.7. The van der Waals surface area contributed by atoms with Crippen molar-refractivity contribution in [2.75, 3.05) is 11.9 Å². The maximum absolute atomic E-state index is 13.7. The van der Waals surface area contributed by atoms with Gasteiger partial charge in [0.2, 0.25) is 0 Å². The Kier molecular flexibility index (Phi) is 10.4. The SMILES string of the molecule is C=CC(F)CCCC1CCC(C)=CC(C)(c2cnc3ccc(NC(=O)NCCCCc4ccccc4)nc3n2)C1. The van der Waals surface area contributed by atoms with Crippen LogP contribution in [0.1, 0.15) is 76.5 Å². The Morgan fingerprint density at radius 2 is 2.00 bits per heavy atom. The predicted molar refractivity (Wildman–Crippen MR) is 161 cm³/mol. The van der Waals surface area contributed by atoms with Gasteiger partial charge < -0.3 is 5.32 Å². The first-order chi connectivity index (χ1) is 19.3. The molecular formula is C33H42FN5O. The van der Waals surface area contributed by atoms with Crippen molar-refractivity contribution in [1.29, 1.82) is 0 Å². The van der Waals surface area contributed by atoms with E-state index in [-0.39, 0.29) is 11.4 Å². The van der Waals surface area contributed by atoms with Gasteiger partial charge in [-0.3, -0.25) is 10.3 Å². The molecule has 4 rings (SSSR count). The number of aryl methyl sites for hydroxylation is 1. The van der Waals surface area contributed by atoms with Gasteiger partial charge in [0.15, 0.2) is 5.65 Å². The summed E-state index contributed by atoms with van der Waals surface area (Å²) >= 11 is 0. The number of nitrogens with zero attached hydrogens (tertiary/aromatic N) is 3. The monoisotopic (exact) mass is 543 g/mol. The van der Waals surface area contributed by atoms with Crippen molar-refractivity contribution in [3.05, 3.63) is 84.2 Å². The molecule has 3 aromatic rings. The van der Waals surface area contributed by atoms with Gasteiger partial charge in [-0.05, 0) is 81.9 Å². The molecule has 40 heavy (non-hydrogen) atoms. The molecule has 2 heterocycles. The second-order valence-electron chi connectivity index (χ2n) is 11.3. The van der Waals surface area contributed by atoms with Crippen LogP contribution in [0.15, 0.2) is 73.0 Å². The van der Waals surface area contributed by atoms with Crippen molar-refractivity contribution in [2.24, 2.45) is 5.92 Å². The predicted octanol–water partition coefficient (Wildman–Crippen LogP) is 7.87. The molecule has 0 aliphatic heterocycles. The summed E-state index contributed by atoms with van der Waals surface area (Å²) in [5.41, 5.74) is 4.42. The topological polar surface area (TPSA) is 79.8 Å². The normalized spacial score (nSPS) is 19.9. The molecule has 212 valence electrons. The van der Waals surface area contributed by atoms with E-state index in [1.807, 2.05) is 30.5 Å². The molecule has 2 N–H and O–H groups in total. The average Bonchev–Trinajstić information content (AvgIpc) is 3.10. The highest BCUT2D eigenvalue weighted by Gasteiger charge is 2.32. The Balaban J connectivity index is 1.37. The van der Waals surface area contributed by atoms with Crippen molar-refractivity contribution < 1.29 is 9.18 Å². The van der Waals surface area contributed by atoms with Crippen LogP contribution in [-0.4, -0.2) is 33.7 Å². The fraction of sp³-hybridized carbons (Fsp3) is 0.455. The lowest BCUT2D eigenvalue weighted by molar-refractivity contribution is 0.252. The molecule has 0 fully saturated rings. The van der Waals surface area contributed by atoms with Crippen molar-refractivity contribution >= 4 is 23.0 Å². The number of alkyl halides is 1. The Morgan fingerprint density at radius 1 is 1.18 bits per heavy atom. The average molecular weight is 544 g/mol. The summed E-state index contributed by atoms with van der Waals surface area (Å²) < 4.78 is 13.7. The molecule has 0 saturated heterocycles. The highest BCUT2D eigenvalue weighted by Crippen LogP contribution is 2.40. The highest BCUT2D eigenvalue weighted by molar-refractivity contribution is 5.89. The summed E-state index contributed by atoms with van der Waals surface area (Å²) in [6.45, 7) is 8.54. The smallest absolute Gasteiger partial charge is 0.320 e. The van der Waals surface area contributed by atoms with E-state index in [0.717, 1.165) is 57.1 Å². The van der Waals surface area contributed by atoms with Gasteiger partial charge in [-0.15, -0.1) is 6.58 Å². The third kappa shape index (κ3) is 8.44. The van der Waals surface area contributed by atoms with Crippen LogP contribution in [0.3, 0.4) is 0 Å². The zero-order chi connectivity index (χ0) is 28.4. The number of pyridine rings is 1. The van der Waals surface area contributed by atoms with Crippen LogP contribution in [0.5, 0.6) is 0 Å². The van der Waals surface area contributed by atoms with Gasteiger partial charge in [0.05, 0.1) is 11.9 Å². The fourth-order valence-electron chi connectivity index (χ4n) is 5.66. The van der Waals surface area contributed by atoms with Crippen LogP contribution >= 0.6 is 0 Å². The van der Waals surface area contributed by atoms with Gasteiger partial charge in [-0.1, -0.05) is 61.4 Å². The molecule has 1 aliphatic rings. The van der Waals surface area contributed by atoms with Crippen molar-refractivity contribution in [3.8, 4) is 0 Å². The molecule has 7 heteroatoms. The number of carbonyl (C=O) groups excluding carboxylic acids is 1. The first-order valence-electron chi connectivity index (χ1n) is 14.5. The Labute approximate surface area is 237 Å². The minimum atomic E-state index is -0.932. The van der Waals surface area contributed by atoms with Crippen LogP contribution in [0.2, 0.25) is 0 Å². The van der Waals surface area contributed by atoms with Crippen LogP contribution in [0.25, 0.3) is 11.2 Å². The van der Waals surface area contributed by atoms with Gasteiger partial charge >= 0.3 is 6.03 Å². The number of halogens is 1. The van der Waals surface area contributed by atoms with Gasteiger partial charge in [0, 0.05) is 12.0 Å². The number of carbonyl (C=O) groups is 1. The second kappa shape index (κ2) is 14.1. The summed E-state index contributed by atoms with van der Waals surface area (Å²) in [5, 5.41) is 5.75. The number of anilines is 1. The molecule has 6 nitrogen and oxygen atoms in total. The van der Waals surface area contributed by atoms with E-state index in [9.17, 15) is 9.18 Å². The van der Waals surface area contributed by atoms with Gasteiger partial charge in [0.1, 0.15) is 17.5 Å². The molecule has 2 aromatic heterocycles. The first-order valence-corrected chi connectivity index (χ1v) is 14.5. The Morgan fingerprint density at radius 3 is 2.80 bits per heavy atom. The summed E-state index contributed by atoms with van der Waals surface area (Å²) in [6, 6.07) is 13.7. The van der Waals surface area contributed by atoms with Crippen LogP contribution in [-0.2, 0) is 11.8 Å². The number of amides is 2. The number of benzene rings is 1. The maximum Gasteiger partial charge on any atom is 0.320 e. The number of hydrogen-bond donors (Lipinski definition) is 2. The first kappa shape index (κ1) is 29.4. The zero-order valence-corrected chi connectivity index (χ0v) is 23.8. The summed E-state index contributed by atoms with van der Waals surface area (Å²) in [7, 11) is 0. The molecule has 0 spiro atoms. The third-order valence-electron chi connectivity index (χ3n) is 7.83. The molecule has 0 saturated carbocycles. The molecule has 0 radical (unpaired) electrons. The Hall–Kier alpha value is -3.61. The molecule has 1 aromatic carbocycles. The van der Waals surface area contributed by atoms with Crippen molar-refractivity contribution in [2.45, 2.75) is 83.2 Å². The van der Waals surface area contributed by atoms with E-state index in [0.29, 0.717) is 35.9 Å². The molecule has 0 bridgehead atoms. The largest absolute Gasteiger partial charge is 0.338 e. The summed E-state index contributed by atoms with van der Waals surface area (Å²) in [4.78, 5) is 26.7. The summed E-state index contributed by atoms with van der Waals surface area (Å²) in [6.07, 6.45) is 13.0. The molecule has 1 aliphatic carbocycles. The number of nitrogens with one attached hydrogen (secondary N) is 2. The lowest BCUT2D eigenvalue weighted by atomic mass is 9.77. The summed E-state index contributed by atoms with van der Waals surface area (Å²) in [5.74, 6) is 0.921. The van der Waals surface area contributed by atoms with Crippen molar-refractivity contribution in [1.82, 2.24) is 20.3 Å². The molecular weight excluding hydrogens is 501 g/mol. The van der Waals surface area contributed by atoms with E-state index < -0.39 is 6.17 Å². The van der Waals surface area contributed by atoms with Crippen LogP contribution < -0.4 is 10.6 Å². The lowest BCUT2D eigenvalue weighted by Crippen LogP contribution is -2.30. The minimum absolute atomic E-state index is 0.278. The van der Waals surface area contributed by atoms with E-state index in [1.54, 1.807) is 6.07 Å². The van der Waals surface area contributed by atoms with E-state index in [4.69, 9.17) is 4.98 Å². The van der Waals surface area contributed by atoms with Crippen LogP contribution in [0.4, 0.5) is 15.0 Å². The Bertz CT molecular complexity index is 1310. The number of allylic oxidation sites excluding steroid dienone is 3. The standard InChI is InChI=1S/C33H42FN5O/c1-4-27(34)15-10-14-26-17-16-24(2)21-33(3,22-26)29-23-36-28-18-19-30(38-31(28)37-29)39-32(40)35-20-9-8-13-25-11-6-5-7-12-25/h4-7,11-12,18-19,21,23,26-27H,1,8-10,13-17,20,22H2,2-3H3,(H2,35,37,38,39,40).